The van der Waals surface area contributed by atoms with E-state index in [0.717, 1.165) is 6.07 Å². The van der Waals surface area contributed by atoms with Gasteiger partial charge in [0.2, 0.25) is 5.95 Å². The minimum absolute atomic E-state index is 0.0250. The molecule has 2 rings (SSSR count). The number of hydrogen-bond donors (Lipinski definition) is 0. The first-order valence-electron chi connectivity index (χ1n) is 5.48. The Morgan fingerprint density at radius 2 is 2.28 bits per heavy atom. The predicted molar refractivity (Wildman–Crippen MR) is 63.3 cm³/mol. The molecule has 18 heavy (non-hydrogen) atoms. The molecule has 7 heteroatoms. The van der Waals surface area contributed by atoms with Gasteiger partial charge in [-0.05, 0) is 12.5 Å². The molecule has 1 fully saturated rings. The number of rotatable bonds is 2. The van der Waals surface area contributed by atoms with Crippen LogP contribution in [0.15, 0.2) is 18.3 Å². The fraction of sp³-hybridized carbons (Fsp3) is 0.455. The van der Waals surface area contributed by atoms with Gasteiger partial charge in [-0.3, -0.25) is 4.79 Å². The summed E-state index contributed by atoms with van der Waals surface area (Å²) in [6, 6.07) is 2.12. The van der Waals surface area contributed by atoms with Crippen molar-refractivity contribution in [2.75, 3.05) is 18.6 Å². The van der Waals surface area contributed by atoms with Crippen molar-refractivity contribution in [1.82, 2.24) is 9.88 Å². The molecule has 0 N–H and O–H groups in total. The first-order chi connectivity index (χ1) is 8.39. The second-order valence-electron chi connectivity index (χ2n) is 4.34. The fourth-order valence-corrected chi connectivity index (χ4v) is 3.76. The number of hydrogen-bond acceptors (Lipinski definition) is 4. The summed E-state index contributed by atoms with van der Waals surface area (Å²) in [5.41, 5.74) is 0.175. The van der Waals surface area contributed by atoms with Crippen molar-refractivity contribution in [3.8, 4) is 0 Å². The quantitative estimate of drug-likeness (QED) is 0.734. The number of carbonyl (C=O) groups is 1. The smallest absolute Gasteiger partial charge is 0.254 e. The summed E-state index contributed by atoms with van der Waals surface area (Å²) in [5.74, 6) is -1.05. The Kier molecular flexibility index (Phi) is 3.34. The third-order valence-electron chi connectivity index (χ3n) is 3.05. The van der Waals surface area contributed by atoms with Crippen molar-refractivity contribution in [3.05, 3.63) is 29.8 Å². The summed E-state index contributed by atoms with van der Waals surface area (Å²) < 4.78 is 35.6. The molecule has 0 aromatic carbocycles. The number of pyridine rings is 1. The molecule has 0 radical (unpaired) electrons. The molecule has 1 atom stereocenters. The van der Waals surface area contributed by atoms with Gasteiger partial charge in [-0.1, -0.05) is 0 Å². The molecule has 2 heterocycles. The summed E-state index contributed by atoms with van der Waals surface area (Å²) in [6.45, 7) is 0. The second kappa shape index (κ2) is 4.64. The number of carbonyl (C=O) groups excluding carboxylic acids is 1. The van der Waals surface area contributed by atoms with Crippen LogP contribution in [0.3, 0.4) is 0 Å². The minimum Gasteiger partial charge on any atom is -0.338 e. The zero-order chi connectivity index (χ0) is 13.3. The van der Waals surface area contributed by atoms with Gasteiger partial charge in [-0.2, -0.15) is 4.39 Å². The van der Waals surface area contributed by atoms with Crippen LogP contribution < -0.4 is 0 Å². The van der Waals surface area contributed by atoms with Crippen LogP contribution in [0.25, 0.3) is 0 Å². The molecule has 1 aliphatic rings. The van der Waals surface area contributed by atoms with Crippen LogP contribution in [0.4, 0.5) is 4.39 Å². The highest BCUT2D eigenvalue weighted by Crippen LogP contribution is 2.18. The predicted octanol–water partition coefficient (Wildman–Crippen LogP) is 0.480. The Morgan fingerprint density at radius 1 is 1.56 bits per heavy atom. The van der Waals surface area contributed by atoms with Crippen LogP contribution in [-0.4, -0.2) is 48.8 Å². The molecule has 0 bridgehead atoms. The normalized spacial score (nSPS) is 21.8. The third kappa shape index (κ3) is 2.66. The van der Waals surface area contributed by atoms with Gasteiger partial charge in [0.15, 0.2) is 9.84 Å². The molecule has 98 valence electrons. The molecule has 1 aliphatic heterocycles. The van der Waals surface area contributed by atoms with E-state index in [-0.39, 0.29) is 23.1 Å². The Bertz CT molecular complexity index is 573. The highest BCUT2D eigenvalue weighted by molar-refractivity contribution is 7.91. The average molecular weight is 272 g/mol. The lowest BCUT2D eigenvalue weighted by Crippen LogP contribution is -2.37. The van der Waals surface area contributed by atoms with Crippen LogP contribution in [0.5, 0.6) is 0 Å². The maximum atomic E-state index is 12.9. The van der Waals surface area contributed by atoms with E-state index in [0.29, 0.717) is 6.42 Å². The lowest BCUT2D eigenvalue weighted by atomic mass is 10.2. The molecule has 1 unspecified atom stereocenters. The molecular weight excluding hydrogens is 259 g/mol. The van der Waals surface area contributed by atoms with Gasteiger partial charge < -0.3 is 4.90 Å². The molecule has 1 aromatic heterocycles. The lowest BCUT2D eigenvalue weighted by Gasteiger charge is -2.23. The zero-order valence-electron chi connectivity index (χ0n) is 9.84. The molecule has 5 nitrogen and oxygen atoms in total. The van der Waals surface area contributed by atoms with Crippen LogP contribution in [0, 0.1) is 5.95 Å². The Hall–Kier alpha value is -1.50. The summed E-state index contributed by atoms with van der Waals surface area (Å²) in [5, 5.41) is 0. The highest BCUT2D eigenvalue weighted by Gasteiger charge is 2.33. The minimum atomic E-state index is -3.04. The molecule has 0 saturated carbocycles. The van der Waals surface area contributed by atoms with E-state index in [1.165, 1.54) is 24.2 Å². The average Bonchev–Trinajstić information content (AvgIpc) is 2.68. The summed E-state index contributed by atoms with van der Waals surface area (Å²) in [7, 11) is -1.51. The Balaban J connectivity index is 2.15. The van der Waals surface area contributed by atoms with Crippen LogP contribution in [0.1, 0.15) is 16.8 Å². The monoisotopic (exact) mass is 272 g/mol. The van der Waals surface area contributed by atoms with Crippen molar-refractivity contribution in [3.63, 3.8) is 0 Å². The lowest BCUT2D eigenvalue weighted by molar-refractivity contribution is 0.0747. The van der Waals surface area contributed by atoms with Gasteiger partial charge >= 0.3 is 0 Å². The molecule has 1 saturated heterocycles. The summed E-state index contributed by atoms with van der Waals surface area (Å²) in [4.78, 5) is 16.8. The Labute approximate surface area is 105 Å². The molecule has 1 aromatic rings. The maximum Gasteiger partial charge on any atom is 0.254 e. The van der Waals surface area contributed by atoms with Crippen molar-refractivity contribution < 1.29 is 17.6 Å². The number of aromatic nitrogens is 1. The first-order valence-corrected chi connectivity index (χ1v) is 7.30. The molecule has 0 spiro atoms. The van der Waals surface area contributed by atoms with Gasteiger partial charge in [0.1, 0.15) is 0 Å². The summed E-state index contributed by atoms with van der Waals surface area (Å²) >= 11 is 0. The maximum absolute atomic E-state index is 12.9. The van der Waals surface area contributed by atoms with E-state index >= 15 is 0 Å². The summed E-state index contributed by atoms with van der Waals surface area (Å²) in [6.07, 6.45) is 1.64. The molecule has 1 amide bonds. The van der Waals surface area contributed by atoms with E-state index in [2.05, 4.69) is 4.98 Å². The fourth-order valence-electron chi connectivity index (χ4n) is 1.99. The topological polar surface area (TPSA) is 67.3 Å². The number of halogens is 1. The van der Waals surface area contributed by atoms with E-state index in [9.17, 15) is 17.6 Å². The zero-order valence-corrected chi connectivity index (χ0v) is 10.7. The first kappa shape index (κ1) is 12.9. The van der Waals surface area contributed by atoms with Gasteiger partial charge in [0, 0.05) is 30.9 Å². The van der Waals surface area contributed by atoms with E-state index in [4.69, 9.17) is 0 Å². The largest absolute Gasteiger partial charge is 0.338 e. The number of sulfone groups is 1. The SMILES string of the molecule is CN(C(=O)c1ccnc(F)c1)C1CCS(=O)(=O)C1. The van der Waals surface area contributed by atoms with Gasteiger partial charge in [-0.15, -0.1) is 0 Å². The van der Waals surface area contributed by atoms with Gasteiger partial charge in [-0.25, -0.2) is 13.4 Å². The van der Waals surface area contributed by atoms with Gasteiger partial charge in [0.05, 0.1) is 11.5 Å². The Morgan fingerprint density at radius 3 is 2.83 bits per heavy atom. The third-order valence-corrected chi connectivity index (χ3v) is 4.80. The van der Waals surface area contributed by atoms with E-state index in [1.807, 2.05) is 0 Å². The van der Waals surface area contributed by atoms with Crippen molar-refractivity contribution in [2.45, 2.75) is 12.5 Å². The van der Waals surface area contributed by atoms with Crippen LogP contribution >= 0.6 is 0 Å². The van der Waals surface area contributed by atoms with Crippen molar-refractivity contribution in [1.29, 1.82) is 0 Å². The van der Waals surface area contributed by atoms with Crippen molar-refractivity contribution >= 4 is 15.7 Å². The highest BCUT2D eigenvalue weighted by atomic mass is 32.2. The molecule has 0 aliphatic carbocycles. The number of nitrogens with zero attached hydrogens (tertiary/aromatic N) is 2. The van der Waals surface area contributed by atoms with Crippen molar-refractivity contribution in [2.24, 2.45) is 0 Å². The second-order valence-corrected chi connectivity index (χ2v) is 6.57. The standard InChI is InChI=1S/C11H13FN2O3S/c1-14(9-3-5-18(16,17)7-9)11(15)8-2-4-13-10(12)6-8/h2,4,6,9H,3,5,7H2,1H3. The van der Waals surface area contributed by atoms with Crippen LogP contribution in [0.2, 0.25) is 0 Å². The van der Waals surface area contributed by atoms with E-state index < -0.39 is 21.7 Å². The van der Waals surface area contributed by atoms with E-state index in [1.54, 1.807) is 0 Å². The molecular formula is C11H13FN2O3S. The number of amides is 1. The van der Waals surface area contributed by atoms with Crippen LogP contribution in [-0.2, 0) is 9.84 Å². The van der Waals surface area contributed by atoms with Gasteiger partial charge in [0.25, 0.3) is 5.91 Å².